The minimum Gasteiger partial charge on any atom is -0.373 e. The Bertz CT molecular complexity index is 1300. The summed E-state index contributed by atoms with van der Waals surface area (Å²) in [6, 6.07) is 10.1. The molecule has 0 unspecified atom stereocenters. The average molecular weight is 464 g/mol. The summed E-state index contributed by atoms with van der Waals surface area (Å²) in [7, 11) is -1.93. The quantitative estimate of drug-likeness (QED) is 0.598. The maximum atomic E-state index is 13.5. The first-order valence-corrected chi connectivity index (χ1v) is 12.0. The highest BCUT2D eigenvalue weighted by atomic mass is 32.2. The number of benzene rings is 2. The van der Waals surface area contributed by atoms with Crippen molar-refractivity contribution in [3.05, 3.63) is 58.6 Å². The third-order valence-corrected chi connectivity index (χ3v) is 8.03. The Morgan fingerprint density at radius 3 is 2.42 bits per heavy atom. The van der Waals surface area contributed by atoms with Gasteiger partial charge in [-0.15, -0.1) is 0 Å². The highest BCUT2D eigenvalue weighted by Gasteiger charge is 2.32. The van der Waals surface area contributed by atoms with Gasteiger partial charge in [0.2, 0.25) is 10.0 Å². The molecule has 7 nitrogen and oxygen atoms in total. The molecule has 2 atom stereocenters. The Morgan fingerprint density at radius 1 is 1.13 bits per heavy atom. The van der Waals surface area contributed by atoms with Gasteiger partial charge in [0.1, 0.15) is 5.82 Å². The Hall–Kier alpha value is -2.40. The number of hydrogen-bond acceptors (Lipinski definition) is 5. The van der Waals surface area contributed by atoms with Crippen LogP contribution < -0.4 is 4.80 Å². The maximum absolute atomic E-state index is 13.5. The van der Waals surface area contributed by atoms with Gasteiger partial charge in [0.05, 0.1) is 27.3 Å². The molecule has 0 aliphatic carbocycles. The van der Waals surface area contributed by atoms with Crippen LogP contribution in [0.3, 0.4) is 0 Å². The van der Waals surface area contributed by atoms with E-state index in [0.29, 0.717) is 9.50 Å². The van der Waals surface area contributed by atoms with Crippen molar-refractivity contribution >= 4 is 37.5 Å². The fourth-order valence-electron chi connectivity index (χ4n) is 3.61. The number of aromatic nitrogens is 1. The number of amides is 1. The van der Waals surface area contributed by atoms with Crippen LogP contribution in [-0.2, 0) is 21.8 Å². The maximum Gasteiger partial charge on any atom is 0.279 e. The summed E-state index contributed by atoms with van der Waals surface area (Å²) in [4.78, 5) is 17.3. The van der Waals surface area contributed by atoms with Gasteiger partial charge in [-0.2, -0.15) is 9.30 Å². The number of rotatable bonds is 3. The number of sulfonamides is 1. The molecule has 1 aliphatic heterocycles. The number of fused-ring (bicyclic) bond motifs is 1. The Morgan fingerprint density at radius 2 is 1.77 bits per heavy atom. The summed E-state index contributed by atoms with van der Waals surface area (Å²) < 4.78 is 48.8. The van der Waals surface area contributed by atoms with Gasteiger partial charge >= 0.3 is 0 Å². The van der Waals surface area contributed by atoms with Gasteiger partial charge in [-0.05, 0) is 56.3 Å². The van der Waals surface area contributed by atoms with E-state index in [1.807, 2.05) is 13.8 Å². The highest BCUT2D eigenvalue weighted by Crippen LogP contribution is 2.22. The molecule has 0 saturated carbocycles. The second-order valence-electron chi connectivity index (χ2n) is 7.58. The topological polar surface area (TPSA) is 81.0 Å². The molecule has 0 N–H and O–H groups in total. The number of morpholine rings is 1. The molecule has 2 aromatic carbocycles. The van der Waals surface area contributed by atoms with Crippen molar-refractivity contribution in [3.63, 3.8) is 0 Å². The minimum atomic E-state index is -3.68. The largest absolute Gasteiger partial charge is 0.373 e. The van der Waals surface area contributed by atoms with Gasteiger partial charge in [0, 0.05) is 25.7 Å². The summed E-state index contributed by atoms with van der Waals surface area (Å²) in [6.45, 7) is 4.24. The lowest BCUT2D eigenvalue weighted by Crippen LogP contribution is -2.48. The first kappa shape index (κ1) is 21.8. The molecule has 10 heteroatoms. The van der Waals surface area contributed by atoms with Crippen LogP contribution in [0.5, 0.6) is 0 Å². The van der Waals surface area contributed by atoms with E-state index >= 15 is 0 Å². The molecule has 1 saturated heterocycles. The molecule has 1 aliphatic rings. The summed E-state index contributed by atoms with van der Waals surface area (Å²) >= 11 is 1.21. The van der Waals surface area contributed by atoms with Crippen LogP contribution in [-0.4, -0.2) is 48.5 Å². The summed E-state index contributed by atoms with van der Waals surface area (Å²) in [5.74, 6) is -0.853. The summed E-state index contributed by atoms with van der Waals surface area (Å²) in [6.07, 6.45) is -0.373. The zero-order valence-corrected chi connectivity index (χ0v) is 18.9. The number of thiazole rings is 1. The van der Waals surface area contributed by atoms with Crippen molar-refractivity contribution in [1.29, 1.82) is 0 Å². The molecular formula is C21H22FN3O4S2. The van der Waals surface area contributed by atoms with Crippen molar-refractivity contribution in [2.45, 2.75) is 31.0 Å². The monoisotopic (exact) mass is 463 g/mol. The van der Waals surface area contributed by atoms with E-state index in [1.54, 1.807) is 17.7 Å². The standard InChI is InChI=1S/C21H22FN3O4S2/c1-13-11-25(12-14(2)29-13)31(27,28)17-7-4-15(5-8-17)20(26)23-21-24(3)18-9-6-16(22)10-19(18)30-21/h4-10,13-14H,11-12H2,1-3H3/t13-,14-/m1/s1. The van der Waals surface area contributed by atoms with Crippen LogP contribution in [0.25, 0.3) is 10.2 Å². The molecule has 4 rings (SSSR count). The lowest BCUT2D eigenvalue weighted by atomic mass is 10.2. The van der Waals surface area contributed by atoms with Crippen LogP contribution in [0.1, 0.15) is 24.2 Å². The van der Waals surface area contributed by atoms with E-state index in [0.717, 1.165) is 5.52 Å². The fourth-order valence-corrected chi connectivity index (χ4v) is 6.24. The second kappa shape index (κ2) is 8.27. The molecule has 3 aromatic rings. The fraction of sp³-hybridized carbons (Fsp3) is 0.333. The first-order chi connectivity index (χ1) is 14.6. The van der Waals surface area contributed by atoms with Gasteiger partial charge in [0.25, 0.3) is 5.91 Å². The smallest absolute Gasteiger partial charge is 0.279 e. The van der Waals surface area contributed by atoms with Crippen molar-refractivity contribution in [2.24, 2.45) is 12.0 Å². The molecule has 1 amide bonds. The van der Waals surface area contributed by atoms with Crippen LogP contribution in [0.2, 0.25) is 0 Å². The highest BCUT2D eigenvalue weighted by molar-refractivity contribution is 7.89. The normalized spacial score (nSPS) is 21.0. The number of carbonyl (C=O) groups is 1. The minimum absolute atomic E-state index is 0.119. The third-order valence-electron chi connectivity index (χ3n) is 5.09. The van der Waals surface area contributed by atoms with E-state index in [4.69, 9.17) is 4.74 Å². The van der Waals surface area contributed by atoms with E-state index in [-0.39, 0.29) is 41.6 Å². The van der Waals surface area contributed by atoms with Crippen molar-refractivity contribution in [3.8, 4) is 0 Å². The SMILES string of the molecule is C[C@@H]1CN(S(=O)(=O)c2ccc(C(=O)N=c3sc4cc(F)ccc4n3C)cc2)C[C@@H](C)O1. The van der Waals surface area contributed by atoms with Gasteiger partial charge < -0.3 is 9.30 Å². The van der Waals surface area contributed by atoms with E-state index < -0.39 is 15.9 Å². The van der Waals surface area contributed by atoms with Gasteiger partial charge in [0.15, 0.2) is 4.80 Å². The first-order valence-electron chi connectivity index (χ1n) is 9.75. The van der Waals surface area contributed by atoms with Gasteiger partial charge in [-0.1, -0.05) is 11.3 Å². The Labute approximate surface area is 183 Å². The van der Waals surface area contributed by atoms with Crippen LogP contribution in [0.4, 0.5) is 4.39 Å². The second-order valence-corrected chi connectivity index (χ2v) is 10.5. The molecule has 0 bridgehead atoms. The Balaban J connectivity index is 1.60. The Kier molecular flexibility index (Phi) is 5.82. The number of carbonyl (C=O) groups excluding carboxylic acids is 1. The average Bonchev–Trinajstić information content (AvgIpc) is 3.01. The lowest BCUT2D eigenvalue weighted by Gasteiger charge is -2.34. The van der Waals surface area contributed by atoms with Crippen LogP contribution in [0.15, 0.2) is 52.4 Å². The molecule has 164 valence electrons. The summed E-state index contributed by atoms with van der Waals surface area (Å²) in [5, 5.41) is 0. The van der Waals surface area contributed by atoms with Gasteiger partial charge in [-0.25, -0.2) is 12.8 Å². The van der Waals surface area contributed by atoms with E-state index in [1.165, 1.54) is 52.0 Å². The zero-order chi connectivity index (χ0) is 22.3. The number of hydrogen-bond donors (Lipinski definition) is 0. The number of aryl methyl sites for hydroxylation is 1. The van der Waals surface area contributed by atoms with Gasteiger partial charge in [-0.3, -0.25) is 4.79 Å². The molecular weight excluding hydrogens is 441 g/mol. The van der Waals surface area contributed by atoms with Crippen molar-refractivity contribution < 1.29 is 22.3 Å². The molecule has 31 heavy (non-hydrogen) atoms. The van der Waals surface area contributed by atoms with Crippen molar-refractivity contribution in [1.82, 2.24) is 8.87 Å². The molecule has 2 heterocycles. The number of nitrogens with zero attached hydrogens (tertiary/aromatic N) is 3. The number of ether oxygens (including phenoxy) is 1. The van der Waals surface area contributed by atoms with Crippen molar-refractivity contribution in [2.75, 3.05) is 13.1 Å². The van der Waals surface area contributed by atoms with E-state index in [9.17, 15) is 17.6 Å². The number of halogens is 1. The molecule has 0 radical (unpaired) electrons. The van der Waals surface area contributed by atoms with E-state index in [2.05, 4.69) is 4.99 Å². The van der Waals surface area contributed by atoms with Crippen LogP contribution in [0, 0.1) is 5.82 Å². The molecule has 0 spiro atoms. The molecule has 1 fully saturated rings. The lowest BCUT2D eigenvalue weighted by molar-refractivity contribution is -0.0440. The third kappa shape index (κ3) is 4.33. The predicted molar refractivity (Wildman–Crippen MR) is 116 cm³/mol. The summed E-state index contributed by atoms with van der Waals surface area (Å²) in [5.41, 5.74) is 1.04. The van der Waals surface area contributed by atoms with Crippen LogP contribution >= 0.6 is 11.3 Å². The molecule has 1 aromatic heterocycles. The predicted octanol–water partition coefficient (Wildman–Crippen LogP) is 2.92. The zero-order valence-electron chi connectivity index (χ0n) is 17.3.